The average molecular weight is 429 g/mol. The molecule has 0 spiro atoms. The molecule has 2 aromatic rings. The number of hydrogen-bond acceptors (Lipinski definition) is 6. The van der Waals surface area contributed by atoms with Crippen LogP contribution in [0.5, 0.6) is 5.75 Å². The number of hydrogen-bond donors (Lipinski definition) is 1. The number of rotatable bonds is 7. The number of benzene rings is 2. The van der Waals surface area contributed by atoms with Crippen LogP contribution in [0, 0.1) is 5.82 Å². The summed E-state index contributed by atoms with van der Waals surface area (Å²) in [5, 5.41) is 3.40. The van der Waals surface area contributed by atoms with Gasteiger partial charge in [-0.1, -0.05) is 12.1 Å². The SMILES string of the molecule is COc1ccc([C@H](C)NC[C@@H]2CN(c3ccc(N4CCOCC4)c(F)c3)C(=O)O2)cc1. The normalized spacial score (nSPS) is 20.0. The second kappa shape index (κ2) is 9.53. The fourth-order valence-electron chi connectivity index (χ4n) is 3.88. The summed E-state index contributed by atoms with van der Waals surface area (Å²) in [6, 6.07) is 12.8. The molecule has 4 rings (SSSR count). The second-order valence-corrected chi connectivity index (χ2v) is 7.75. The van der Waals surface area contributed by atoms with E-state index in [9.17, 15) is 9.18 Å². The van der Waals surface area contributed by atoms with Crippen molar-refractivity contribution in [1.82, 2.24) is 5.32 Å². The number of halogens is 1. The Morgan fingerprint density at radius 1 is 1.19 bits per heavy atom. The summed E-state index contributed by atoms with van der Waals surface area (Å²) >= 11 is 0. The molecule has 2 atom stereocenters. The van der Waals surface area contributed by atoms with Gasteiger partial charge in [-0.15, -0.1) is 0 Å². The lowest BCUT2D eigenvalue weighted by atomic mass is 10.1. The van der Waals surface area contributed by atoms with Gasteiger partial charge < -0.3 is 24.4 Å². The fourth-order valence-corrected chi connectivity index (χ4v) is 3.88. The van der Waals surface area contributed by atoms with Crippen LogP contribution in [0.4, 0.5) is 20.6 Å². The molecule has 0 saturated carbocycles. The predicted octanol–water partition coefficient (Wildman–Crippen LogP) is 3.35. The van der Waals surface area contributed by atoms with E-state index in [-0.39, 0.29) is 18.0 Å². The van der Waals surface area contributed by atoms with Gasteiger partial charge in [-0.3, -0.25) is 4.90 Å². The number of carbonyl (C=O) groups excluding carboxylic acids is 1. The first-order chi connectivity index (χ1) is 15.0. The van der Waals surface area contributed by atoms with Crippen molar-refractivity contribution in [2.75, 3.05) is 56.3 Å². The molecule has 0 bridgehead atoms. The maximum Gasteiger partial charge on any atom is 0.414 e. The highest BCUT2D eigenvalue weighted by Crippen LogP contribution is 2.28. The van der Waals surface area contributed by atoms with Crippen molar-refractivity contribution in [3.05, 3.63) is 53.8 Å². The van der Waals surface area contributed by atoms with E-state index in [1.165, 1.54) is 11.0 Å². The Morgan fingerprint density at radius 3 is 2.61 bits per heavy atom. The van der Waals surface area contributed by atoms with Crippen molar-refractivity contribution in [1.29, 1.82) is 0 Å². The highest BCUT2D eigenvalue weighted by atomic mass is 19.1. The lowest BCUT2D eigenvalue weighted by Gasteiger charge is -2.29. The van der Waals surface area contributed by atoms with Crippen LogP contribution < -0.4 is 19.9 Å². The van der Waals surface area contributed by atoms with Gasteiger partial charge in [0.25, 0.3) is 0 Å². The number of anilines is 2. The number of morpholine rings is 1. The lowest BCUT2D eigenvalue weighted by Crippen LogP contribution is -2.36. The van der Waals surface area contributed by atoms with E-state index in [0.29, 0.717) is 50.8 Å². The molecule has 166 valence electrons. The third-order valence-corrected chi connectivity index (χ3v) is 5.74. The van der Waals surface area contributed by atoms with E-state index in [2.05, 4.69) is 12.2 Å². The van der Waals surface area contributed by atoms with Crippen molar-refractivity contribution in [2.24, 2.45) is 0 Å². The molecule has 7 nitrogen and oxygen atoms in total. The van der Waals surface area contributed by atoms with Crippen LogP contribution in [0.1, 0.15) is 18.5 Å². The quantitative estimate of drug-likeness (QED) is 0.728. The molecule has 1 amide bonds. The van der Waals surface area contributed by atoms with Crippen molar-refractivity contribution in [3.63, 3.8) is 0 Å². The van der Waals surface area contributed by atoms with E-state index in [1.54, 1.807) is 19.2 Å². The molecule has 2 saturated heterocycles. The Balaban J connectivity index is 1.35. The number of ether oxygens (including phenoxy) is 3. The van der Waals surface area contributed by atoms with E-state index in [4.69, 9.17) is 14.2 Å². The van der Waals surface area contributed by atoms with E-state index < -0.39 is 6.09 Å². The summed E-state index contributed by atoms with van der Waals surface area (Å²) in [5.74, 6) is 0.463. The zero-order valence-electron chi connectivity index (χ0n) is 17.8. The second-order valence-electron chi connectivity index (χ2n) is 7.75. The van der Waals surface area contributed by atoms with Crippen LogP contribution in [-0.2, 0) is 9.47 Å². The van der Waals surface area contributed by atoms with Crippen LogP contribution in [0.2, 0.25) is 0 Å². The van der Waals surface area contributed by atoms with Gasteiger partial charge in [0, 0.05) is 25.7 Å². The highest BCUT2D eigenvalue weighted by Gasteiger charge is 2.33. The molecule has 0 radical (unpaired) electrons. The van der Waals surface area contributed by atoms with E-state index in [1.807, 2.05) is 29.2 Å². The summed E-state index contributed by atoms with van der Waals surface area (Å²) in [7, 11) is 1.64. The molecular formula is C23H28FN3O4. The minimum atomic E-state index is -0.456. The molecule has 2 heterocycles. The van der Waals surface area contributed by atoms with Crippen molar-refractivity contribution in [3.8, 4) is 5.75 Å². The first-order valence-electron chi connectivity index (χ1n) is 10.5. The third-order valence-electron chi connectivity index (χ3n) is 5.74. The van der Waals surface area contributed by atoms with Crippen LogP contribution in [0.15, 0.2) is 42.5 Å². The minimum absolute atomic E-state index is 0.0870. The van der Waals surface area contributed by atoms with Crippen molar-refractivity contribution < 1.29 is 23.4 Å². The van der Waals surface area contributed by atoms with Gasteiger partial charge in [-0.2, -0.15) is 0 Å². The maximum absolute atomic E-state index is 14.7. The van der Waals surface area contributed by atoms with Crippen LogP contribution in [-0.4, -0.2) is 58.7 Å². The first kappa shape index (κ1) is 21.4. The molecule has 1 N–H and O–H groups in total. The molecule has 2 fully saturated rings. The molecule has 2 aliphatic rings. The largest absolute Gasteiger partial charge is 0.497 e. The van der Waals surface area contributed by atoms with Gasteiger partial charge in [0.05, 0.1) is 38.2 Å². The molecule has 0 aromatic heterocycles. The summed E-state index contributed by atoms with van der Waals surface area (Å²) in [4.78, 5) is 15.8. The molecule has 8 heteroatoms. The number of nitrogens with one attached hydrogen (secondary N) is 1. The monoisotopic (exact) mass is 429 g/mol. The molecule has 2 aromatic carbocycles. The Bertz CT molecular complexity index is 902. The summed E-state index contributed by atoms with van der Waals surface area (Å²) in [5.41, 5.74) is 2.15. The first-order valence-corrected chi connectivity index (χ1v) is 10.5. The maximum atomic E-state index is 14.7. The fraction of sp³-hybridized carbons (Fsp3) is 0.435. The van der Waals surface area contributed by atoms with Crippen LogP contribution >= 0.6 is 0 Å². The zero-order chi connectivity index (χ0) is 21.8. The Labute approximate surface area is 181 Å². The minimum Gasteiger partial charge on any atom is -0.497 e. The van der Waals surface area contributed by atoms with E-state index in [0.717, 1.165) is 11.3 Å². The molecular weight excluding hydrogens is 401 g/mol. The van der Waals surface area contributed by atoms with Gasteiger partial charge in [0.15, 0.2) is 0 Å². The van der Waals surface area contributed by atoms with Gasteiger partial charge >= 0.3 is 6.09 Å². The Kier molecular flexibility index (Phi) is 6.58. The lowest BCUT2D eigenvalue weighted by molar-refractivity contribution is 0.122. The molecule has 31 heavy (non-hydrogen) atoms. The number of methoxy groups -OCH3 is 1. The Morgan fingerprint density at radius 2 is 1.94 bits per heavy atom. The van der Waals surface area contributed by atoms with Crippen LogP contribution in [0.3, 0.4) is 0 Å². The van der Waals surface area contributed by atoms with Gasteiger partial charge in [0.2, 0.25) is 0 Å². The molecule has 0 unspecified atom stereocenters. The van der Waals surface area contributed by atoms with Gasteiger partial charge in [-0.05, 0) is 42.8 Å². The van der Waals surface area contributed by atoms with Crippen molar-refractivity contribution >= 4 is 17.5 Å². The topological polar surface area (TPSA) is 63.3 Å². The third kappa shape index (κ3) is 4.91. The standard InChI is InChI=1S/C23H28FN3O4/c1-16(17-3-6-19(29-2)7-4-17)25-14-20-15-27(23(28)31-20)18-5-8-22(21(24)13-18)26-9-11-30-12-10-26/h3-8,13,16,20,25H,9-12,14-15H2,1-2H3/t16-,20+/m0/s1. The summed E-state index contributed by atoms with van der Waals surface area (Å²) in [6.07, 6.45) is -0.766. The highest BCUT2D eigenvalue weighted by molar-refractivity contribution is 5.90. The number of cyclic esters (lactones) is 1. The van der Waals surface area contributed by atoms with Crippen molar-refractivity contribution in [2.45, 2.75) is 19.1 Å². The van der Waals surface area contributed by atoms with Gasteiger partial charge in [-0.25, -0.2) is 9.18 Å². The average Bonchev–Trinajstić information content (AvgIpc) is 3.18. The summed E-state index contributed by atoms with van der Waals surface area (Å²) in [6.45, 7) is 5.41. The number of amides is 1. The molecule has 0 aliphatic carbocycles. The smallest absolute Gasteiger partial charge is 0.414 e. The predicted molar refractivity (Wildman–Crippen MR) is 116 cm³/mol. The number of carbonyl (C=O) groups is 1. The summed E-state index contributed by atoms with van der Waals surface area (Å²) < 4.78 is 30.7. The van der Waals surface area contributed by atoms with E-state index >= 15 is 0 Å². The van der Waals surface area contributed by atoms with Crippen LogP contribution in [0.25, 0.3) is 0 Å². The van der Waals surface area contributed by atoms with Gasteiger partial charge in [0.1, 0.15) is 17.7 Å². The number of nitrogens with zero attached hydrogens (tertiary/aromatic N) is 2. The Hall–Kier alpha value is -2.84. The zero-order valence-corrected chi connectivity index (χ0v) is 17.8. The molecule has 2 aliphatic heterocycles.